The molecule has 2 aromatic carbocycles. The van der Waals surface area contributed by atoms with Crippen LogP contribution in [0.5, 0.6) is 0 Å². The first-order chi connectivity index (χ1) is 18.6. The Kier molecular flexibility index (Phi) is 11.3. The van der Waals surface area contributed by atoms with Crippen molar-refractivity contribution in [2.45, 2.75) is 77.0 Å². The Morgan fingerprint density at radius 2 is 1.82 bits per heavy atom. The highest BCUT2D eigenvalue weighted by molar-refractivity contribution is 7.92. The molecule has 2 aliphatic rings. The molecule has 0 radical (unpaired) electrons. The lowest BCUT2D eigenvalue weighted by Crippen LogP contribution is -2.50. The Morgan fingerprint density at radius 1 is 1.10 bits per heavy atom. The molecule has 0 spiro atoms. The van der Waals surface area contributed by atoms with Crippen LogP contribution in [0, 0.1) is 5.92 Å². The van der Waals surface area contributed by atoms with Crippen LogP contribution in [0.15, 0.2) is 48.5 Å². The Morgan fingerprint density at radius 3 is 2.45 bits per heavy atom. The van der Waals surface area contributed by atoms with Crippen LogP contribution in [0.2, 0.25) is 0 Å². The maximum absolute atomic E-state index is 13.6. The van der Waals surface area contributed by atoms with Gasteiger partial charge in [-0.2, -0.15) is 0 Å². The number of sulfonamides is 1. The first-order valence-electron chi connectivity index (χ1n) is 14.3. The van der Waals surface area contributed by atoms with Crippen molar-refractivity contribution in [3.05, 3.63) is 59.7 Å². The van der Waals surface area contributed by atoms with Crippen molar-refractivity contribution in [1.29, 1.82) is 0 Å². The largest absolute Gasteiger partial charge is 0.390 e. The molecule has 40 heavy (non-hydrogen) atoms. The summed E-state index contributed by atoms with van der Waals surface area (Å²) in [5.41, 5.74) is 2.65. The van der Waals surface area contributed by atoms with E-state index >= 15 is 0 Å². The number of hydrogen-bond acceptors (Lipinski definition) is 6. The van der Waals surface area contributed by atoms with Gasteiger partial charge in [-0.3, -0.25) is 9.10 Å². The monoisotopic (exact) mass is 592 g/mol. The molecule has 0 unspecified atom stereocenters. The highest BCUT2D eigenvalue weighted by Crippen LogP contribution is 2.41. The summed E-state index contributed by atoms with van der Waals surface area (Å²) in [6, 6.07) is 14.5. The summed E-state index contributed by atoms with van der Waals surface area (Å²) >= 11 is 0. The van der Waals surface area contributed by atoms with E-state index in [9.17, 15) is 18.3 Å². The molecule has 4 rings (SSSR count). The summed E-state index contributed by atoms with van der Waals surface area (Å²) in [4.78, 5) is 13.6. The molecule has 2 atom stereocenters. The number of carbonyl (C=O) groups excluding carboxylic acids is 1. The average Bonchev–Trinajstić information content (AvgIpc) is 3.66. The SMILES string of the molecule is CCNc1cc(C(=O)N[C@@H](Cc2ccccc2)[C@H](O)CNC2(CC(C)C)CC2)cc(N2CCCCS2(=O)=O)c1.Cl. The second kappa shape index (κ2) is 14.0. The van der Waals surface area contributed by atoms with E-state index < -0.39 is 22.2 Å². The lowest BCUT2D eigenvalue weighted by molar-refractivity contribution is 0.0820. The van der Waals surface area contributed by atoms with E-state index in [0.29, 0.717) is 55.3 Å². The van der Waals surface area contributed by atoms with Crippen molar-refractivity contribution in [3.8, 4) is 0 Å². The van der Waals surface area contributed by atoms with Gasteiger partial charge in [0.25, 0.3) is 5.91 Å². The number of halogens is 1. The molecule has 1 amide bonds. The molecule has 2 aromatic rings. The molecule has 1 saturated carbocycles. The van der Waals surface area contributed by atoms with E-state index in [1.54, 1.807) is 18.2 Å². The number of rotatable bonds is 13. The van der Waals surface area contributed by atoms with Crippen LogP contribution >= 0.6 is 12.4 Å². The van der Waals surface area contributed by atoms with Gasteiger partial charge in [0.15, 0.2) is 0 Å². The predicted octanol–water partition coefficient (Wildman–Crippen LogP) is 4.34. The van der Waals surface area contributed by atoms with E-state index in [4.69, 9.17) is 0 Å². The Bertz CT molecular complexity index is 1220. The zero-order valence-electron chi connectivity index (χ0n) is 23.9. The molecule has 2 fully saturated rings. The molecule has 0 bridgehead atoms. The lowest BCUT2D eigenvalue weighted by atomic mass is 9.98. The van der Waals surface area contributed by atoms with Crippen LogP contribution in [-0.4, -0.2) is 62.5 Å². The van der Waals surface area contributed by atoms with Gasteiger partial charge in [-0.25, -0.2) is 8.42 Å². The molecular formula is C30H45ClN4O4S. The van der Waals surface area contributed by atoms with Gasteiger partial charge in [-0.05, 0) is 75.1 Å². The predicted molar refractivity (Wildman–Crippen MR) is 165 cm³/mol. The third-order valence-corrected chi connectivity index (χ3v) is 9.49. The number of β-amino-alcohol motifs (C(OH)–C–C–N with tert-alkyl or cyclic N) is 1. The molecule has 1 aliphatic carbocycles. The van der Waals surface area contributed by atoms with Crippen molar-refractivity contribution in [2.24, 2.45) is 5.92 Å². The van der Waals surface area contributed by atoms with E-state index in [1.165, 1.54) is 4.31 Å². The van der Waals surface area contributed by atoms with Gasteiger partial charge >= 0.3 is 0 Å². The number of carbonyl (C=O) groups is 1. The fourth-order valence-corrected chi connectivity index (χ4v) is 7.15. The average molecular weight is 593 g/mol. The number of anilines is 2. The summed E-state index contributed by atoms with van der Waals surface area (Å²) in [6.07, 6.45) is 4.38. The van der Waals surface area contributed by atoms with Gasteiger partial charge in [0, 0.05) is 36.4 Å². The van der Waals surface area contributed by atoms with Crippen molar-refractivity contribution >= 4 is 39.7 Å². The second-order valence-corrected chi connectivity index (χ2v) is 13.5. The van der Waals surface area contributed by atoms with Crippen molar-refractivity contribution in [2.75, 3.05) is 35.0 Å². The first-order valence-corrected chi connectivity index (χ1v) is 15.9. The van der Waals surface area contributed by atoms with Gasteiger partial charge in [-0.15, -0.1) is 12.4 Å². The minimum atomic E-state index is -3.43. The molecule has 1 aliphatic heterocycles. The van der Waals surface area contributed by atoms with Crippen LogP contribution in [0.1, 0.15) is 68.8 Å². The molecule has 222 valence electrons. The summed E-state index contributed by atoms with van der Waals surface area (Å²) in [5.74, 6) is 0.337. The van der Waals surface area contributed by atoms with E-state index in [1.807, 2.05) is 37.3 Å². The first kappa shape index (κ1) is 32.2. The second-order valence-electron chi connectivity index (χ2n) is 11.5. The fourth-order valence-electron chi connectivity index (χ4n) is 5.52. The highest BCUT2D eigenvalue weighted by Gasteiger charge is 2.43. The van der Waals surface area contributed by atoms with Crippen molar-refractivity contribution < 1.29 is 18.3 Å². The lowest BCUT2D eigenvalue weighted by Gasteiger charge is -2.30. The normalized spacial score (nSPS) is 18.9. The summed E-state index contributed by atoms with van der Waals surface area (Å²) in [7, 11) is -3.43. The molecule has 10 heteroatoms. The van der Waals surface area contributed by atoms with E-state index in [-0.39, 0.29) is 29.6 Å². The Hall–Kier alpha value is -2.33. The quantitative estimate of drug-likeness (QED) is 0.275. The van der Waals surface area contributed by atoms with Gasteiger partial charge < -0.3 is 21.1 Å². The van der Waals surface area contributed by atoms with Crippen LogP contribution in [0.25, 0.3) is 0 Å². The number of amides is 1. The van der Waals surface area contributed by atoms with Crippen molar-refractivity contribution in [3.63, 3.8) is 0 Å². The van der Waals surface area contributed by atoms with Crippen molar-refractivity contribution in [1.82, 2.24) is 10.6 Å². The Balaban J connectivity index is 0.00000441. The molecule has 8 nitrogen and oxygen atoms in total. The van der Waals surface area contributed by atoms with Crippen LogP contribution in [0.3, 0.4) is 0 Å². The van der Waals surface area contributed by atoms with Gasteiger partial charge in [0.05, 0.1) is 23.6 Å². The smallest absolute Gasteiger partial charge is 0.251 e. The zero-order chi connectivity index (χ0) is 28.0. The van der Waals surface area contributed by atoms with Gasteiger partial charge in [0.1, 0.15) is 0 Å². The number of hydrogen-bond donors (Lipinski definition) is 4. The molecule has 4 N–H and O–H groups in total. The Labute approximate surface area is 245 Å². The maximum Gasteiger partial charge on any atom is 0.251 e. The number of aliphatic hydroxyl groups is 1. The van der Waals surface area contributed by atoms with E-state index in [2.05, 4.69) is 29.8 Å². The molecule has 0 aromatic heterocycles. The third-order valence-electron chi connectivity index (χ3n) is 7.62. The molecular weight excluding hydrogens is 548 g/mol. The third kappa shape index (κ3) is 8.59. The van der Waals surface area contributed by atoms with Crippen LogP contribution in [0.4, 0.5) is 11.4 Å². The summed E-state index contributed by atoms with van der Waals surface area (Å²) in [6.45, 7) is 7.80. The molecule has 1 saturated heterocycles. The number of benzene rings is 2. The van der Waals surface area contributed by atoms with Crippen LogP contribution < -0.4 is 20.3 Å². The highest BCUT2D eigenvalue weighted by atomic mass is 35.5. The van der Waals surface area contributed by atoms with Crippen LogP contribution in [-0.2, 0) is 16.4 Å². The standard InChI is InChI=1S/C30H44N4O4S.ClH/c1-4-31-25-17-24(18-26(19-25)34-14-8-9-15-39(34,37)38)29(36)33-27(16-23-10-6-5-7-11-23)28(35)21-32-30(12-13-30)20-22(2)3;/h5-7,10-11,17-19,22,27-28,31-32,35H,4,8-9,12-16,20-21H2,1-3H3,(H,33,36);1H/t27-,28+;/m0./s1. The minimum absolute atomic E-state index is 0. The number of nitrogens with one attached hydrogen (secondary N) is 3. The van der Waals surface area contributed by atoms with Gasteiger partial charge in [0.2, 0.25) is 10.0 Å². The number of aliphatic hydroxyl groups excluding tert-OH is 1. The summed E-state index contributed by atoms with van der Waals surface area (Å²) in [5, 5.41) is 21.2. The fraction of sp³-hybridized carbons (Fsp3) is 0.567. The van der Waals surface area contributed by atoms with Gasteiger partial charge in [-0.1, -0.05) is 44.2 Å². The number of nitrogens with zero attached hydrogens (tertiary/aromatic N) is 1. The minimum Gasteiger partial charge on any atom is -0.390 e. The summed E-state index contributed by atoms with van der Waals surface area (Å²) < 4.78 is 27.0. The zero-order valence-corrected chi connectivity index (χ0v) is 25.5. The topological polar surface area (TPSA) is 111 Å². The molecule has 1 heterocycles. The van der Waals surface area contributed by atoms with E-state index in [0.717, 1.165) is 31.2 Å². The maximum atomic E-state index is 13.6.